The number of hydrogen-bond donors (Lipinski definition) is 1. The van der Waals surface area contributed by atoms with Gasteiger partial charge in [-0.05, 0) is 35.6 Å². The number of fused-ring (bicyclic) bond motifs is 1. The molecular weight excluding hydrogens is 278 g/mol. The fraction of sp³-hybridized carbons (Fsp3) is 0.167. The van der Waals surface area contributed by atoms with E-state index in [0.717, 1.165) is 22.2 Å². The van der Waals surface area contributed by atoms with Gasteiger partial charge in [-0.15, -0.1) is 0 Å². The van der Waals surface area contributed by atoms with Crippen LogP contribution in [0.15, 0.2) is 47.3 Å². The molecular formula is C18H17NO3. The van der Waals surface area contributed by atoms with Crippen LogP contribution in [0.1, 0.15) is 5.56 Å². The average molecular weight is 295 g/mol. The summed E-state index contributed by atoms with van der Waals surface area (Å²) < 4.78 is 10.6. The molecule has 0 saturated carbocycles. The predicted molar refractivity (Wildman–Crippen MR) is 87.8 cm³/mol. The lowest BCUT2D eigenvalue weighted by atomic mass is 10.0. The van der Waals surface area contributed by atoms with E-state index in [0.29, 0.717) is 16.9 Å². The smallest absolute Gasteiger partial charge is 0.256 e. The van der Waals surface area contributed by atoms with Crippen molar-refractivity contribution in [2.24, 2.45) is 0 Å². The number of nitrogens with one attached hydrogen (secondary N) is 1. The number of aromatic nitrogens is 1. The number of methoxy groups -OCH3 is 2. The van der Waals surface area contributed by atoms with Gasteiger partial charge in [-0.1, -0.05) is 30.3 Å². The summed E-state index contributed by atoms with van der Waals surface area (Å²) in [5.41, 5.74) is 2.67. The minimum absolute atomic E-state index is 0.139. The number of hydrogen-bond acceptors (Lipinski definition) is 3. The standard InChI is InChI=1S/C18H17NO3/c1-11-13-9-15(21-2)16(22-3)10-14(13)18(20)19-17(11)12-7-5-4-6-8-12/h4-10H,1-3H3,(H,19,20). The van der Waals surface area contributed by atoms with Gasteiger partial charge in [-0.25, -0.2) is 0 Å². The summed E-state index contributed by atoms with van der Waals surface area (Å²) in [5, 5.41) is 1.45. The Morgan fingerprint density at radius 1 is 0.909 bits per heavy atom. The number of H-pyrrole nitrogens is 1. The molecule has 2 aromatic carbocycles. The van der Waals surface area contributed by atoms with Crippen LogP contribution in [-0.2, 0) is 0 Å². The van der Waals surface area contributed by atoms with Crippen LogP contribution in [-0.4, -0.2) is 19.2 Å². The van der Waals surface area contributed by atoms with Gasteiger partial charge in [0.05, 0.1) is 25.3 Å². The molecule has 22 heavy (non-hydrogen) atoms. The zero-order valence-corrected chi connectivity index (χ0v) is 12.8. The Hall–Kier alpha value is -2.75. The van der Waals surface area contributed by atoms with E-state index in [-0.39, 0.29) is 5.56 Å². The van der Waals surface area contributed by atoms with Gasteiger partial charge < -0.3 is 14.5 Å². The molecule has 4 nitrogen and oxygen atoms in total. The van der Waals surface area contributed by atoms with E-state index in [1.807, 2.05) is 43.3 Å². The molecule has 0 saturated heterocycles. The molecule has 1 aromatic heterocycles. The highest BCUT2D eigenvalue weighted by atomic mass is 16.5. The second-order valence-corrected chi connectivity index (χ2v) is 5.07. The van der Waals surface area contributed by atoms with Crippen LogP contribution in [0.3, 0.4) is 0 Å². The molecule has 0 spiro atoms. The van der Waals surface area contributed by atoms with E-state index < -0.39 is 0 Å². The number of aryl methyl sites for hydroxylation is 1. The maximum absolute atomic E-state index is 12.4. The molecule has 0 aliphatic rings. The number of pyridine rings is 1. The van der Waals surface area contributed by atoms with Gasteiger partial charge in [0.2, 0.25) is 0 Å². The molecule has 0 fully saturated rings. The Bertz CT molecular complexity index is 882. The van der Waals surface area contributed by atoms with Crippen molar-refractivity contribution in [3.63, 3.8) is 0 Å². The molecule has 1 N–H and O–H groups in total. The van der Waals surface area contributed by atoms with E-state index in [4.69, 9.17) is 9.47 Å². The summed E-state index contributed by atoms with van der Waals surface area (Å²) in [6.45, 7) is 1.99. The fourth-order valence-corrected chi connectivity index (χ4v) is 2.68. The van der Waals surface area contributed by atoms with Crippen molar-refractivity contribution < 1.29 is 9.47 Å². The van der Waals surface area contributed by atoms with Crippen molar-refractivity contribution in [1.82, 2.24) is 4.98 Å². The van der Waals surface area contributed by atoms with E-state index in [2.05, 4.69) is 4.98 Å². The van der Waals surface area contributed by atoms with E-state index >= 15 is 0 Å². The van der Waals surface area contributed by atoms with Crippen LogP contribution in [0.4, 0.5) is 0 Å². The van der Waals surface area contributed by atoms with E-state index in [9.17, 15) is 4.79 Å². The maximum atomic E-state index is 12.4. The third-order valence-corrected chi connectivity index (χ3v) is 3.85. The van der Waals surface area contributed by atoms with Crippen molar-refractivity contribution >= 4 is 10.8 Å². The monoisotopic (exact) mass is 295 g/mol. The second kappa shape index (κ2) is 5.56. The second-order valence-electron chi connectivity index (χ2n) is 5.07. The molecule has 0 aliphatic heterocycles. The maximum Gasteiger partial charge on any atom is 0.256 e. The lowest BCUT2D eigenvalue weighted by Gasteiger charge is -2.13. The van der Waals surface area contributed by atoms with Gasteiger partial charge in [0, 0.05) is 0 Å². The quantitative estimate of drug-likeness (QED) is 0.804. The van der Waals surface area contributed by atoms with Crippen LogP contribution in [0.5, 0.6) is 11.5 Å². The Labute approximate surface area is 128 Å². The topological polar surface area (TPSA) is 51.3 Å². The molecule has 1 heterocycles. The number of benzene rings is 2. The summed E-state index contributed by atoms with van der Waals surface area (Å²) >= 11 is 0. The molecule has 0 bridgehead atoms. The zero-order valence-electron chi connectivity index (χ0n) is 12.8. The molecule has 0 aliphatic carbocycles. The molecule has 4 heteroatoms. The van der Waals surface area contributed by atoms with Crippen molar-refractivity contribution in [3.8, 4) is 22.8 Å². The molecule has 0 amide bonds. The summed E-state index contributed by atoms with van der Waals surface area (Å²) in [5.74, 6) is 1.16. The minimum atomic E-state index is -0.139. The molecule has 0 radical (unpaired) electrons. The first-order valence-corrected chi connectivity index (χ1v) is 6.99. The lowest BCUT2D eigenvalue weighted by Crippen LogP contribution is -2.10. The van der Waals surface area contributed by atoms with Crippen LogP contribution < -0.4 is 15.0 Å². The van der Waals surface area contributed by atoms with Gasteiger partial charge in [0.1, 0.15) is 0 Å². The average Bonchev–Trinajstić information content (AvgIpc) is 2.57. The molecule has 0 unspecified atom stereocenters. The Balaban J connectivity index is 2.36. The van der Waals surface area contributed by atoms with E-state index in [1.54, 1.807) is 20.3 Å². The molecule has 0 atom stereocenters. The highest BCUT2D eigenvalue weighted by molar-refractivity contribution is 5.91. The van der Waals surface area contributed by atoms with Crippen molar-refractivity contribution in [1.29, 1.82) is 0 Å². The molecule has 3 aromatic rings. The summed E-state index contributed by atoms with van der Waals surface area (Å²) in [6, 6.07) is 13.4. The highest BCUT2D eigenvalue weighted by Crippen LogP contribution is 2.34. The zero-order chi connectivity index (χ0) is 15.7. The number of rotatable bonds is 3. The van der Waals surface area contributed by atoms with Gasteiger partial charge in [-0.2, -0.15) is 0 Å². The first-order valence-electron chi connectivity index (χ1n) is 6.99. The number of aromatic amines is 1. The van der Waals surface area contributed by atoms with Crippen molar-refractivity contribution in [2.75, 3.05) is 14.2 Å². The van der Waals surface area contributed by atoms with Gasteiger partial charge in [-0.3, -0.25) is 4.79 Å². The summed E-state index contributed by atoms with van der Waals surface area (Å²) in [4.78, 5) is 15.4. The first-order chi connectivity index (χ1) is 10.7. The summed E-state index contributed by atoms with van der Waals surface area (Å²) in [7, 11) is 3.15. The van der Waals surface area contributed by atoms with Crippen molar-refractivity contribution in [2.45, 2.75) is 6.92 Å². The Morgan fingerprint density at radius 2 is 1.50 bits per heavy atom. The van der Waals surface area contributed by atoms with Crippen LogP contribution in [0.2, 0.25) is 0 Å². The predicted octanol–water partition coefficient (Wildman–Crippen LogP) is 3.52. The van der Waals surface area contributed by atoms with Crippen LogP contribution in [0.25, 0.3) is 22.0 Å². The SMILES string of the molecule is COc1cc2c(C)c(-c3ccccc3)[nH]c(=O)c2cc1OC. The van der Waals surface area contributed by atoms with Gasteiger partial charge >= 0.3 is 0 Å². The molecule has 3 rings (SSSR count). The highest BCUT2D eigenvalue weighted by Gasteiger charge is 2.14. The third kappa shape index (κ3) is 2.22. The van der Waals surface area contributed by atoms with Crippen LogP contribution >= 0.6 is 0 Å². The van der Waals surface area contributed by atoms with Crippen molar-refractivity contribution in [3.05, 3.63) is 58.4 Å². The Kier molecular flexibility index (Phi) is 3.59. The summed E-state index contributed by atoms with van der Waals surface area (Å²) in [6.07, 6.45) is 0. The lowest BCUT2D eigenvalue weighted by molar-refractivity contribution is 0.356. The molecule has 112 valence electrons. The van der Waals surface area contributed by atoms with E-state index in [1.165, 1.54) is 0 Å². The largest absolute Gasteiger partial charge is 0.493 e. The van der Waals surface area contributed by atoms with Gasteiger partial charge in [0.25, 0.3) is 5.56 Å². The first kappa shape index (κ1) is 14.2. The van der Waals surface area contributed by atoms with Crippen LogP contribution in [0, 0.1) is 6.92 Å². The fourth-order valence-electron chi connectivity index (χ4n) is 2.68. The number of ether oxygens (including phenoxy) is 2. The minimum Gasteiger partial charge on any atom is -0.493 e. The van der Waals surface area contributed by atoms with Gasteiger partial charge in [0.15, 0.2) is 11.5 Å². The normalized spacial score (nSPS) is 10.7. The third-order valence-electron chi connectivity index (χ3n) is 3.85. The Morgan fingerprint density at radius 3 is 2.09 bits per heavy atom.